The maximum absolute atomic E-state index is 12.8. The van der Waals surface area contributed by atoms with Gasteiger partial charge in [0.25, 0.3) is 0 Å². The molecule has 1 atom stereocenters. The molecule has 0 aliphatic rings. The second-order valence-electron chi connectivity index (χ2n) is 6.26. The number of hydrogen-bond acceptors (Lipinski definition) is 3. The number of nitrogens with zero attached hydrogens (tertiary/aromatic N) is 1. The topological polar surface area (TPSA) is 49.4 Å². The van der Waals surface area contributed by atoms with Crippen LogP contribution in [0.5, 0.6) is 0 Å². The molecule has 2 amide bonds. The van der Waals surface area contributed by atoms with Crippen LogP contribution in [0.4, 0.5) is 5.69 Å². The van der Waals surface area contributed by atoms with Crippen molar-refractivity contribution in [2.45, 2.75) is 44.7 Å². The summed E-state index contributed by atoms with van der Waals surface area (Å²) in [6.07, 6.45) is 0.925. The Balaban J connectivity index is 1.97. The molecule has 2 aromatic rings. The van der Waals surface area contributed by atoms with Gasteiger partial charge in [-0.25, -0.2) is 0 Å². The van der Waals surface area contributed by atoms with Crippen LogP contribution in [0.2, 0.25) is 0 Å². The SMILES string of the molecule is CCC(C)N(Cc1ccccc1)C(=O)CSc1ccc(NC(C)=O)cc1. The lowest BCUT2D eigenvalue weighted by atomic mass is 10.1. The molecular formula is C21H26N2O2S. The molecule has 26 heavy (non-hydrogen) atoms. The Morgan fingerprint density at radius 3 is 2.31 bits per heavy atom. The van der Waals surface area contributed by atoms with Gasteiger partial charge in [0.1, 0.15) is 0 Å². The first kappa shape index (κ1) is 20.0. The van der Waals surface area contributed by atoms with E-state index >= 15 is 0 Å². The van der Waals surface area contributed by atoms with Gasteiger partial charge in [-0.2, -0.15) is 0 Å². The van der Waals surface area contributed by atoms with Gasteiger partial charge in [-0.05, 0) is 43.2 Å². The lowest BCUT2D eigenvalue weighted by molar-refractivity contribution is -0.131. The third kappa shape index (κ3) is 6.23. The van der Waals surface area contributed by atoms with Crippen LogP contribution in [0.1, 0.15) is 32.8 Å². The quantitative estimate of drug-likeness (QED) is 0.693. The standard InChI is InChI=1S/C21H26N2O2S/c1-4-16(2)23(14-18-8-6-5-7-9-18)21(25)15-26-20-12-10-19(11-13-20)22-17(3)24/h5-13,16H,4,14-15H2,1-3H3,(H,22,24). The van der Waals surface area contributed by atoms with E-state index in [-0.39, 0.29) is 17.9 Å². The minimum Gasteiger partial charge on any atom is -0.335 e. The molecule has 0 aliphatic carbocycles. The molecule has 1 N–H and O–H groups in total. The highest BCUT2D eigenvalue weighted by molar-refractivity contribution is 8.00. The number of nitrogens with one attached hydrogen (secondary N) is 1. The first-order valence-corrected chi connectivity index (χ1v) is 9.82. The van der Waals surface area contributed by atoms with Crippen LogP contribution in [0.15, 0.2) is 59.5 Å². The van der Waals surface area contributed by atoms with Gasteiger partial charge in [0, 0.05) is 30.1 Å². The maximum Gasteiger partial charge on any atom is 0.233 e. The Bertz CT molecular complexity index is 717. The summed E-state index contributed by atoms with van der Waals surface area (Å²) in [4.78, 5) is 26.8. The molecule has 138 valence electrons. The average molecular weight is 371 g/mol. The van der Waals surface area contributed by atoms with Gasteiger partial charge in [0.15, 0.2) is 0 Å². The van der Waals surface area contributed by atoms with E-state index in [1.54, 1.807) is 0 Å². The predicted molar refractivity (Wildman–Crippen MR) is 108 cm³/mol. The average Bonchev–Trinajstić information content (AvgIpc) is 2.65. The second-order valence-corrected chi connectivity index (χ2v) is 7.31. The van der Waals surface area contributed by atoms with E-state index in [2.05, 4.69) is 31.3 Å². The number of hydrogen-bond donors (Lipinski definition) is 1. The third-order valence-electron chi connectivity index (χ3n) is 4.18. The van der Waals surface area contributed by atoms with E-state index in [9.17, 15) is 9.59 Å². The zero-order chi connectivity index (χ0) is 18.9. The van der Waals surface area contributed by atoms with Crippen LogP contribution < -0.4 is 5.32 Å². The molecular weight excluding hydrogens is 344 g/mol. The predicted octanol–water partition coefficient (Wildman–Crippen LogP) is 4.56. The van der Waals surface area contributed by atoms with Crippen molar-refractivity contribution in [1.82, 2.24) is 4.90 Å². The van der Waals surface area contributed by atoms with Gasteiger partial charge in [-0.3, -0.25) is 9.59 Å². The van der Waals surface area contributed by atoms with E-state index in [1.165, 1.54) is 18.7 Å². The number of anilines is 1. The normalized spacial score (nSPS) is 11.7. The van der Waals surface area contributed by atoms with Crippen LogP contribution in [0.3, 0.4) is 0 Å². The number of carbonyl (C=O) groups excluding carboxylic acids is 2. The molecule has 0 radical (unpaired) electrons. The Kier molecular flexibility index (Phi) is 7.73. The van der Waals surface area contributed by atoms with Crippen molar-refractivity contribution in [2.24, 2.45) is 0 Å². The molecule has 0 bridgehead atoms. The van der Waals surface area contributed by atoms with E-state index < -0.39 is 0 Å². The fourth-order valence-corrected chi connectivity index (χ4v) is 3.34. The summed E-state index contributed by atoms with van der Waals surface area (Å²) < 4.78 is 0. The Labute approximate surface area is 160 Å². The number of rotatable bonds is 8. The Morgan fingerprint density at radius 1 is 1.08 bits per heavy atom. The zero-order valence-corrected chi connectivity index (χ0v) is 16.4. The fourth-order valence-electron chi connectivity index (χ4n) is 2.56. The second kappa shape index (κ2) is 10.0. The molecule has 2 aromatic carbocycles. The van der Waals surface area contributed by atoms with E-state index in [0.29, 0.717) is 12.3 Å². The summed E-state index contributed by atoms with van der Waals surface area (Å²) in [5.74, 6) is 0.446. The van der Waals surface area contributed by atoms with Gasteiger partial charge in [0.05, 0.1) is 5.75 Å². The molecule has 5 heteroatoms. The first-order chi connectivity index (χ1) is 12.5. The van der Waals surface area contributed by atoms with Crippen molar-refractivity contribution in [3.05, 3.63) is 60.2 Å². The molecule has 1 unspecified atom stereocenters. The lowest BCUT2D eigenvalue weighted by Crippen LogP contribution is -2.38. The van der Waals surface area contributed by atoms with E-state index in [4.69, 9.17) is 0 Å². The molecule has 4 nitrogen and oxygen atoms in total. The first-order valence-electron chi connectivity index (χ1n) is 8.83. The van der Waals surface area contributed by atoms with Crippen LogP contribution in [0.25, 0.3) is 0 Å². The van der Waals surface area contributed by atoms with Crippen LogP contribution in [-0.2, 0) is 16.1 Å². The molecule has 0 fully saturated rings. The monoisotopic (exact) mass is 370 g/mol. The molecule has 0 aliphatic heterocycles. The van der Waals surface area contributed by atoms with Gasteiger partial charge >= 0.3 is 0 Å². The summed E-state index contributed by atoms with van der Waals surface area (Å²) in [7, 11) is 0. The Hall–Kier alpha value is -2.27. The summed E-state index contributed by atoms with van der Waals surface area (Å²) in [5, 5.41) is 2.74. The minimum atomic E-state index is -0.0920. The van der Waals surface area contributed by atoms with Crippen molar-refractivity contribution >= 4 is 29.3 Å². The largest absolute Gasteiger partial charge is 0.335 e. The fraction of sp³-hybridized carbons (Fsp3) is 0.333. The highest BCUT2D eigenvalue weighted by Gasteiger charge is 2.19. The highest BCUT2D eigenvalue weighted by Crippen LogP contribution is 2.22. The number of amides is 2. The van der Waals surface area contributed by atoms with E-state index in [0.717, 1.165) is 22.6 Å². The smallest absolute Gasteiger partial charge is 0.233 e. The number of thioether (sulfide) groups is 1. The minimum absolute atomic E-state index is 0.0920. The number of carbonyl (C=O) groups is 2. The zero-order valence-electron chi connectivity index (χ0n) is 15.6. The molecule has 2 rings (SSSR count). The van der Waals surface area contributed by atoms with Gasteiger partial charge in [0.2, 0.25) is 11.8 Å². The third-order valence-corrected chi connectivity index (χ3v) is 5.17. The Morgan fingerprint density at radius 2 is 1.73 bits per heavy atom. The van der Waals surface area contributed by atoms with Crippen LogP contribution in [-0.4, -0.2) is 28.5 Å². The molecule has 0 spiro atoms. The van der Waals surface area contributed by atoms with Crippen molar-refractivity contribution in [3.63, 3.8) is 0 Å². The molecule has 0 aromatic heterocycles. The van der Waals surface area contributed by atoms with Crippen molar-refractivity contribution < 1.29 is 9.59 Å². The number of benzene rings is 2. The summed E-state index contributed by atoms with van der Waals surface area (Å²) in [6, 6.07) is 17.8. The summed E-state index contributed by atoms with van der Waals surface area (Å²) >= 11 is 1.52. The lowest BCUT2D eigenvalue weighted by Gasteiger charge is -2.28. The highest BCUT2D eigenvalue weighted by atomic mass is 32.2. The molecule has 0 heterocycles. The molecule has 0 saturated carbocycles. The van der Waals surface area contributed by atoms with Crippen LogP contribution >= 0.6 is 11.8 Å². The van der Waals surface area contributed by atoms with Crippen molar-refractivity contribution in [3.8, 4) is 0 Å². The van der Waals surface area contributed by atoms with E-state index in [1.807, 2.05) is 47.4 Å². The van der Waals surface area contributed by atoms with Gasteiger partial charge in [-0.15, -0.1) is 11.8 Å². The van der Waals surface area contributed by atoms with Gasteiger partial charge < -0.3 is 10.2 Å². The molecule has 0 saturated heterocycles. The summed E-state index contributed by atoms with van der Waals surface area (Å²) in [6.45, 7) is 6.31. The van der Waals surface area contributed by atoms with Crippen molar-refractivity contribution in [1.29, 1.82) is 0 Å². The summed E-state index contributed by atoms with van der Waals surface area (Å²) in [5.41, 5.74) is 1.91. The van der Waals surface area contributed by atoms with Crippen LogP contribution in [0, 0.1) is 0 Å². The van der Waals surface area contributed by atoms with Gasteiger partial charge in [-0.1, -0.05) is 37.3 Å². The maximum atomic E-state index is 12.8. The van der Waals surface area contributed by atoms with Crippen molar-refractivity contribution in [2.75, 3.05) is 11.1 Å².